The summed E-state index contributed by atoms with van der Waals surface area (Å²) in [5, 5.41) is 0. The normalized spacial score (nSPS) is 26.3. The standard InChI is InChI=1S/C7H16N2/c1-7(8(2)3)5-9(4)6-7/h5-6H2,1-4H3. The van der Waals surface area contributed by atoms with Gasteiger partial charge in [-0.05, 0) is 28.1 Å². The van der Waals surface area contributed by atoms with E-state index in [1.165, 1.54) is 13.1 Å². The average molecular weight is 128 g/mol. The van der Waals surface area contributed by atoms with E-state index in [9.17, 15) is 0 Å². The van der Waals surface area contributed by atoms with E-state index in [2.05, 4.69) is 37.9 Å². The molecule has 9 heavy (non-hydrogen) atoms. The molecule has 1 fully saturated rings. The minimum Gasteiger partial charge on any atom is -0.303 e. The molecule has 0 spiro atoms. The van der Waals surface area contributed by atoms with Gasteiger partial charge in [-0.15, -0.1) is 0 Å². The van der Waals surface area contributed by atoms with Crippen LogP contribution in [0.15, 0.2) is 0 Å². The number of rotatable bonds is 1. The van der Waals surface area contributed by atoms with Gasteiger partial charge in [0.2, 0.25) is 0 Å². The lowest BCUT2D eigenvalue weighted by atomic mass is 9.92. The highest BCUT2D eigenvalue weighted by atomic mass is 15.3. The van der Waals surface area contributed by atoms with Crippen LogP contribution in [0.25, 0.3) is 0 Å². The molecule has 1 saturated heterocycles. The quantitative estimate of drug-likeness (QED) is 0.499. The molecular formula is C7H16N2. The van der Waals surface area contributed by atoms with Gasteiger partial charge in [-0.25, -0.2) is 0 Å². The van der Waals surface area contributed by atoms with Crippen LogP contribution in [0, 0.1) is 0 Å². The number of hydrogen-bond acceptors (Lipinski definition) is 2. The summed E-state index contributed by atoms with van der Waals surface area (Å²) < 4.78 is 0. The van der Waals surface area contributed by atoms with Crippen molar-refractivity contribution in [3.8, 4) is 0 Å². The predicted molar refractivity (Wildman–Crippen MR) is 39.6 cm³/mol. The molecule has 0 saturated carbocycles. The third kappa shape index (κ3) is 1.10. The molecule has 0 aromatic heterocycles. The largest absolute Gasteiger partial charge is 0.303 e. The number of hydrogen-bond donors (Lipinski definition) is 0. The summed E-state index contributed by atoms with van der Waals surface area (Å²) in [6.07, 6.45) is 0. The first-order chi connectivity index (χ1) is 4.04. The average Bonchev–Trinajstić information content (AvgIpc) is 1.62. The molecule has 0 radical (unpaired) electrons. The topological polar surface area (TPSA) is 6.48 Å². The summed E-state index contributed by atoms with van der Waals surface area (Å²) in [5.74, 6) is 0. The fourth-order valence-electron chi connectivity index (χ4n) is 1.40. The molecule has 54 valence electrons. The first-order valence-corrected chi connectivity index (χ1v) is 3.40. The predicted octanol–water partition coefficient (Wildman–Crippen LogP) is 0.252. The Labute approximate surface area is 57.4 Å². The molecule has 0 aliphatic carbocycles. The molecule has 1 aliphatic heterocycles. The maximum absolute atomic E-state index is 2.33. The van der Waals surface area contributed by atoms with Gasteiger partial charge >= 0.3 is 0 Å². The Balaban J connectivity index is 2.40. The Bertz CT molecular complexity index is 103. The van der Waals surface area contributed by atoms with E-state index in [1.807, 2.05) is 0 Å². The van der Waals surface area contributed by atoms with Gasteiger partial charge in [0.15, 0.2) is 0 Å². The molecule has 0 bridgehead atoms. The Morgan fingerprint density at radius 1 is 1.33 bits per heavy atom. The van der Waals surface area contributed by atoms with E-state index in [0.717, 1.165) is 0 Å². The summed E-state index contributed by atoms with van der Waals surface area (Å²) in [5.41, 5.74) is 0.453. The highest BCUT2D eigenvalue weighted by Crippen LogP contribution is 2.22. The van der Waals surface area contributed by atoms with Crippen molar-refractivity contribution in [3.05, 3.63) is 0 Å². The molecule has 0 aromatic rings. The van der Waals surface area contributed by atoms with Crippen molar-refractivity contribution in [2.24, 2.45) is 0 Å². The fraction of sp³-hybridized carbons (Fsp3) is 1.00. The van der Waals surface area contributed by atoms with Crippen LogP contribution < -0.4 is 0 Å². The lowest BCUT2D eigenvalue weighted by Crippen LogP contribution is -2.65. The smallest absolute Gasteiger partial charge is 0.0428 e. The van der Waals surface area contributed by atoms with Gasteiger partial charge in [-0.2, -0.15) is 0 Å². The Morgan fingerprint density at radius 3 is 1.89 bits per heavy atom. The van der Waals surface area contributed by atoms with Gasteiger partial charge in [0.1, 0.15) is 0 Å². The van der Waals surface area contributed by atoms with E-state index < -0.39 is 0 Å². The van der Waals surface area contributed by atoms with Crippen LogP contribution in [0.3, 0.4) is 0 Å². The number of nitrogens with zero attached hydrogens (tertiary/aromatic N) is 2. The molecular weight excluding hydrogens is 112 g/mol. The fourth-order valence-corrected chi connectivity index (χ4v) is 1.40. The van der Waals surface area contributed by atoms with Crippen molar-refractivity contribution < 1.29 is 0 Å². The molecule has 0 amide bonds. The zero-order chi connectivity index (χ0) is 7.07. The molecule has 2 nitrogen and oxygen atoms in total. The van der Waals surface area contributed by atoms with Crippen LogP contribution in [0.1, 0.15) is 6.92 Å². The summed E-state index contributed by atoms with van der Waals surface area (Å²) >= 11 is 0. The van der Waals surface area contributed by atoms with Gasteiger partial charge in [0.05, 0.1) is 0 Å². The minimum atomic E-state index is 0.453. The molecule has 0 aromatic carbocycles. The Kier molecular flexibility index (Phi) is 1.53. The Hall–Kier alpha value is -0.0800. The monoisotopic (exact) mass is 128 g/mol. The highest BCUT2D eigenvalue weighted by molar-refractivity contribution is 4.96. The number of likely N-dealkylation sites (tertiary alicyclic amines) is 1. The van der Waals surface area contributed by atoms with Crippen LogP contribution in [0.4, 0.5) is 0 Å². The first-order valence-electron chi connectivity index (χ1n) is 3.40. The van der Waals surface area contributed by atoms with E-state index in [-0.39, 0.29) is 0 Å². The van der Waals surface area contributed by atoms with Gasteiger partial charge in [-0.3, -0.25) is 0 Å². The molecule has 1 heterocycles. The SMILES string of the molecule is CN1CC(C)(N(C)C)C1. The summed E-state index contributed by atoms with van der Waals surface area (Å²) in [4.78, 5) is 4.63. The lowest BCUT2D eigenvalue weighted by Gasteiger charge is -2.50. The second-order valence-corrected chi connectivity index (χ2v) is 3.56. The van der Waals surface area contributed by atoms with E-state index in [4.69, 9.17) is 0 Å². The van der Waals surface area contributed by atoms with Crippen LogP contribution in [-0.4, -0.2) is 49.6 Å². The van der Waals surface area contributed by atoms with Gasteiger partial charge in [0.25, 0.3) is 0 Å². The van der Waals surface area contributed by atoms with Crippen LogP contribution >= 0.6 is 0 Å². The third-order valence-corrected chi connectivity index (χ3v) is 2.30. The highest BCUT2D eigenvalue weighted by Gasteiger charge is 2.37. The van der Waals surface area contributed by atoms with Crippen molar-refractivity contribution in [2.75, 3.05) is 34.2 Å². The van der Waals surface area contributed by atoms with E-state index >= 15 is 0 Å². The molecule has 1 aliphatic rings. The van der Waals surface area contributed by atoms with Gasteiger partial charge in [0, 0.05) is 18.6 Å². The molecule has 0 unspecified atom stereocenters. The minimum absolute atomic E-state index is 0.453. The molecule has 2 heteroatoms. The summed E-state index contributed by atoms with van der Waals surface area (Å²) in [6, 6.07) is 0. The van der Waals surface area contributed by atoms with Gasteiger partial charge < -0.3 is 9.80 Å². The maximum atomic E-state index is 2.33. The van der Waals surface area contributed by atoms with Crippen molar-refractivity contribution in [2.45, 2.75) is 12.5 Å². The summed E-state index contributed by atoms with van der Waals surface area (Å²) in [7, 11) is 6.45. The lowest BCUT2D eigenvalue weighted by molar-refractivity contribution is 0.00183. The molecule has 0 N–H and O–H groups in total. The van der Waals surface area contributed by atoms with Crippen molar-refractivity contribution in [1.29, 1.82) is 0 Å². The second-order valence-electron chi connectivity index (χ2n) is 3.56. The molecule has 1 rings (SSSR count). The van der Waals surface area contributed by atoms with E-state index in [1.54, 1.807) is 0 Å². The van der Waals surface area contributed by atoms with Gasteiger partial charge in [-0.1, -0.05) is 0 Å². The zero-order valence-electron chi connectivity index (χ0n) is 6.81. The van der Waals surface area contributed by atoms with Crippen molar-refractivity contribution in [3.63, 3.8) is 0 Å². The molecule has 0 atom stereocenters. The van der Waals surface area contributed by atoms with E-state index in [0.29, 0.717) is 5.54 Å². The first kappa shape index (κ1) is 7.03. The van der Waals surface area contributed by atoms with Crippen LogP contribution in [0.2, 0.25) is 0 Å². The van der Waals surface area contributed by atoms with Crippen LogP contribution in [0.5, 0.6) is 0 Å². The second kappa shape index (κ2) is 1.96. The third-order valence-electron chi connectivity index (χ3n) is 2.30. The maximum Gasteiger partial charge on any atom is 0.0428 e. The Morgan fingerprint density at radius 2 is 1.78 bits per heavy atom. The number of likely N-dealkylation sites (N-methyl/N-ethyl adjacent to an activating group) is 2. The zero-order valence-corrected chi connectivity index (χ0v) is 6.81. The summed E-state index contributed by atoms with van der Waals surface area (Å²) in [6.45, 7) is 4.72. The van der Waals surface area contributed by atoms with Crippen molar-refractivity contribution >= 4 is 0 Å². The van der Waals surface area contributed by atoms with Crippen LogP contribution in [-0.2, 0) is 0 Å². The van der Waals surface area contributed by atoms with Crippen molar-refractivity contribution in [1.82, 2.24) is 9.80 Å².